The number of carbonyl (C=O) groups is 1. The number of hydrogen-bond donors (Lipinski definition) is 2. The zero-order valence-corrected chi connectivity index (χ0v) is 11.9. The molecule has 94 valence electrons. The number of carbonyl (C=O) groups excluding carboxylic acids is 1. The lowest BCUT2D eigenvalue weighted by Gasteiger charge is -2.12. The van der Waals surface area contributed by atoms with Crippen molar-refractivity contribution in [2.45, 2.75) is 26.8 Å². The summed E-state index contributed by atoms with van der Waals surface area (Å²) in [7, 11) is 1.36. The van der Waals surface area contributed by atoms with E-state index in [9.17, 15) is 4.79 Å². The molecule has 2 N–H and O–H groups in total. The van der Waals surface area contributed by atoms with Crippen LogP contribution in [-0.4, -0.2) is 24.2 Å². The highest BCUT2D eigenvalue weighted by Crippen LogP contribution is 2.28. The minimum absolute atomic E-state index is 0.248. The first-order valence-electron chi connectivity index (χ1n) is 5.20. The minimum Gasteiger partial charge on any atom is -0.465 e. The molecule has 0 aromatic carbocycles. The second-order valence-electron chi connectivity index (χ2n) is 3.84. The van der Waals surface area contributed by atoms with Crippen LogP contribution in [0.5, 0.6) is 0 Å². The number of methoxy groups -OCH3 is 1. The van der Waals surface area contributed by atoms with Crippen LogP contribution >= 0.6 is 23.6 Å². The van der Waals surface area contributed by atoms with Crippen LogP contribution in [0.4, 0.5) is 5.00 Å². The van der Waals surface area contributed by atoms with Gasteiger partial charge in [0.25, 0.3) is 0 Å². The van der Waals surface area contributed by atoms with E-state index in [0.29, 0.717) is 15.7 Å². The van der Waals surface area contributed by atoms with Crippen LogP contribution in [0.3, 0.4) is 0 Å². The van der Waals surface area contributed by atoms with Crippen molar-refractivity contribution in [2.75, 3.05) is 12.4 Å². The standard InChI is InChI=1S/C11H16N2O2S2/c1-6(2)12-11(16)13-9-8(10(14)15-4)5-7(3)17-9/h5-6H,1-4H3,(H2,12,13,16). The third kappa shape index (κ3) is 3.98. The molecule has 0 aliphatic rings. The van der Waals surface area contributed by atoms with Crippen LogP contribution in [0.15, 0.2) is 6.07 Å². The third-order valence-corrected chi connectivity index (χ3v) is 3.09. The van der Waals surface area contributed by atoms with E-state index < -0.39 is 0 Å². The molecule has 1 aromatic heterocycles. The zero-order valence-electron chi connectivity index (χ0n) is 10.3. The van der Waals surface area contributed by atoms with Gasteiger partial charge in [-0.15, -0.1) is 11.3 Å². The lowest BCUT2D eigenvalue weighted by Crippen LogP contribution is -2.34. The molecule has 0 aliphatic carbocycles. The Morgan fingerprint density at radius 3 is 2.71 bits per heavy atom. The maximum atomic E-state index is 11.5. The van der Waals surface area contributed by atoms with Gasteiger partial charge in [0.2, 0.25) is 0 Å². The molecule has 0 fully saturated rings. The Morgan fingerprint density at radius 2 is 2.18 bits per heavy atom. The second kappa shape index (κ2) is 5.97. The molecule has 0 radical (unpaired) electrons. The number of thiocarbonyl (C=S) groups is 1. The van der Waals surface area contributed by atoms with Crippen molar-refractivity contribution >= 4 is 39.6 Å². The first kappa shape index (κ1) is 13.9. The van der Waals surface area contributed by atoms with Crippen LogP contribution in [-0.2, 0) is 4.74 Å². The Morgan fingerprint density at radius 1 is 1.53 bits per heavy atom. The molecule has 1 heterocycles. The van der Waals surface area contributed by atoms with E-state index in [2.05, 4.69) is 10.6 Å². The van der Waals surface area contributed by atoms with Crippen molar-refractivity contribution in [3.63, 3.8) is 0 Å². The summed E-state index contributed by atoms with van der Waals surface area (Å²) < 4.78 is 4.72. The zero-order chi connectivity index (χ0) is 13.0. The van der Waals surface area contributed by atoms with E-state index in [-0.39, 0.29) is 12.0 Å². The van der Waals surface area contributed by atoms with Gasteiger partial charge in [0.05, 0.1) is 12.7 Å². The first-order valence-corrected chi connectivity index (χ1v) is 6.42. The van der Waals surface area contributed by atoms with Crippen molar-refractivity contribution in [3.05, 3.63) is 16.5 Å². The molecule has 6 heteroatoms. The Kier molecular flexibility index (Phi) is 4.89. The topological polar surface area (TPSA) is 50.4 Å². The van der Waals surface area contributed by atoms with Gasteiger partial charge in [-0.1, -0.05) is 0 Å². The van der Waals surface area contributed by atoms with E-state index in [1.54, 1.807) is 6.07 Å². The summed E-state index contributed by atoms with van der Waals surface area (Å²) in [6, 6.07) is 2.04. The summed E-state index contributed by atoms with van der Waals surface area (Å²) in [6.45, 7) is 5.92. The summed E-state index contributed by atoms with van der Waals surface area (Å²) >= 11 is 6.61. The van der Waals surface area contributed by atoms with Crippen LogP contribution < -0.4 is 10.6 Å². The van der Waals surface area contributed by atoms with Crippen LogP contribution in [0.2, 0.25) is 0 Å². The highest BCUT2D eigenvalue weighted by Gasteiger charge is 2.16. The number of aryl methyl sites for hydroxylation is 1. The van der Waals surface area contributed by atoms with Crippen LogP contribution in [0.1, 0.15) is 29.1 Å². The molecule has 0 bridgehead atoms. The van der Waals surface area contributed by atoms with Crippen molar-refractivity contribution in [3.8, 4) is 0 Å². The molecule has 1 rings (SSSR count). The van der Waals surface area contributed by atoms with E-state index >= 15 is 0 Å². The van der Waals surface area contributed by atoms with Crippen molar-refractivity contribution in [1.82, 2.24) is 5.32 Å². The molecule has 4 nitrogen and oxygen atoms in total. The molecule has 1 aromatic rings. The third-order valence-electron chi connectivity index (χ3n) is 1.91. The lowest BCUT2D eigenvalue weighted by molar-refractivity contribution is 0.0602. The number of esters is 1. The van der Waals surface area contributed by atoms with Gasteiger partial charge >= 0.3 is 5.97 Å². The fraction of sp³-hybridized carbons (Fsp3) is 0.455. The highest BCUT2D eigenvalue weighted by molar-refractivity contribution is 7.80. The Labute approximate surface area is 110 Å². The molecular weight excluding hydrogens is 256 g/mol. The molecule has 17 heavy (non-hydrogen) atoms. The predicted octanol–water partition coefficient (Wildman–Crippen LogP) is 2.54. The molecule has 0 unspecified atom stereocenters. The quantitative estimate of drug-likeness (QED) is 0.654. The van der Waals surface area contributed by atoms with Gasteiger partial charge in [-0.3, -0.25) is 0 Å². The number of nitrogens with one attached hydrogen (secondary N) is 2. The lowest BCUT2D eigenvalue weighted by atomic mass is 10.3. The Bertz CT molecular complexity index is 427. The number of ether oxygens (including phenoxy) is 1. The van der Waals surface area contributed by atoms with Gasteiger partial charge in [-0.2, -0.15) is 0 Å². The molecule has 0 aliphatic heterocycles. The first-order chi connectivity index (χ1) is 7.93. The summed E-state index contributed by atoms with van der Waals surface area (Å²) in [5.74, 6) is -0.357. The molecule has 0 saturated carbocycles. The average molecular weight is 272 g/mol. The van der Waals surface area contributed by atoms with Crippen LogP contribution in [0.25, 0.3) is 0 Å². The summed E-state index contributed by atoms with van der Waals surface area (Å²) in [6.07, 6.45) is 0. The SMILES string of the molecule is COC(=O)c1cc(C)sc1NC(=S)NC(C)C. The van der Waals surface area contributed by atoms with Gasteiger partial charge < -0.3 is 15.4 Å². The maximum absolute atomic E-state index is 11.5. The van der Waals surface area contributed by atoms with E-state index in [1.165, 1.54) is 18.4 Å². The van der Waals surface area contributed by atoms with E-state index in [1.807, 2.05) is 20.8 Å². The second-order valence-corrected chi connectivity index (χ2v) is 5.51. The van der Waals surface area contributed by atoms with Crippen LogP contribution in [0, 0.1) is 6.92 Å². The monoisotopic (exact) mass is 272 g/mol. The Hall–Kier alpha value is -1.14. The van der Waals surface area contributed by atoms with Gasteiger partial charge in [-0.25, -0.2) is 4.79 Å². The van der Waals surface area contributed by atoms with Crippen molar-refractivity contribution in [2.24, 2.45) is 0 Å². The van der Waals surface area contributed by atoms with E-state index in [4.69, 9.17) is 17.0 Å². The largest absolute Gasteiger partial charge is 0.465 e. The number of rotatable bonds is 3. The molecule has 0 spiro atoms. The van der Waals surface area contributed by atoms with Crippen molar-refractivity contribution < 1.29 is 9.53 Å². The number of anilines is 1. The maximum Gasteiger partial charge on any atom is 0.340 e. The molecule has 0 atom stereocenters. The minimum atomic E-state index is -0.357. The molecule has 0 saturated heterocycles. The van der Waals surface area contributed by atoms with Gasteiger partial charge in [0, 0.05) is 10.9 Å². The average Bonchev–Trinajstić information content (AvgIpc) is 2.57. The summed E-state index contributed by atoms with van der Waals surface area (Å²) in [5, 5.41) is 7.30. The smallest absolute Gasteiger partial charge is 0.340 e. The van der Waals surface area contributed by atoms with Gasteiger partial charge in [-0.05, 0) is 39.1 Å². The molecular formula is C11H16N2O2S2. The number of hydrogen-bond acceptors (Lipinski definition) is 4. The van der Waals surface area contributed by atoms with E-state index in [0.717, 1.165) is 4.88 Å². The number of thiophene rings is 1. The molecule has 0 amide bonds. The summed E-state index contributed by atoms with van der Waals surface area (Å²) in [4.78, 5) is 12.6. The fourth-order valence-electron chi connectivity index (χ4n) is 1.27. The normalized spacial score (nSPS) is 10.2. The highest BCUT2D eigenvalue weighted by atomic mass is 32.1. The summed E-state index contributed by atoms with van der Waals surface area (Å²) in [5.41, 5.74) is 0.517. The Balaban J connectivity index is 2.83. The van der Waals surface area contributed by atoms with Crippen molar-refractivity contribution in [1.29, 1.82) is 0 Å². The van der Waals surface area contributed by atoms with Gasteiger partial charge in [0.15, 0.2) is 5.11 Å². The van der Waals surface area contributed by atoms with Gasteiger partial charge in [0.1, 0.15) is 5.00 Å². The fourth-order valence-corrected chi connectivity index (χ4v) is 2.58. The predicted molar refractivity (Wildman–Crippen MR) is 74.9 cm³/mol.